The van der Waals surface area contributed by atoms with Crippen LogP contribution in [0, 0.1) is 6.92 Å². The highest BCUT2D eigenvalue weighted by atomic mass is 32.1. The summed E-state index contributed by atoms with van der Waals surface area (Å²) in [5.41, 5.74) is 1.81. The van der Waals surface area contributed by atoms with Crippen molar-refractivity contribution in [1.29, 1.82) is 0 Å². The Balaban J connectivity index is 1.92. The molecule has 0 spiro atoms. The molecule has 0 aliphatic rings. The minimum absolute atomic E-state index is 0.0187. The van der Waals surface area contributed by atoms with Gasteiger partial charge < -0.3 is 10.1 Å². The molecule has 0 radical (unpaired) electrons. The van der Waals surface area contributed by atoms with E-state index in [0.717, 1.165) is 0 Å². The van der Waals surface area contributed by atoms with Crippen LogP contribution in [-0.4, -0.2) is 17.8 Å². The third-order valence-electron chi connectivity index (χ3n) is 2.79. The van der Waals surface area contributed by atoms with Gasteiger partial charge >= 0.3 is 6.18 Å². The van der Waals surface area contributed by atoms with E-state index in [2.05, 4.69) is 10.3 Å². The molecule has 0 saturated carbocycles. The maximum atomic E-state index is 12.2. The third kappa shape index (κ3) is 5.02. The first-order valence-corrected chi connectivity index (χ1v) is 7.21. The molecule has 2 aromatic heterocycles. The van der Waals surface area contributed by atoms with E-state index in [1.54, 1.807) is 23.5 Å². The molecule has 114 valence electrons. The fraction of sp³-hybridized carbons (Fsp3) is 0.357. The van der Waals surface area contributed by atoms with E-state index in [-0.39, 0.29) is 5.88 Å². The zero-order valence-corrected chi connectivity index (χ0v) is 12.2. The van der Waals surface area contributed by atoms with E-state index >= 15 is 0 Å². The zero-order chi connectivity index (χ0) is 15.3. The lowest BCUT2D eigenvalue weighted by Crippen LogP contribution is -2.21. The van der Waals surface area contributed by atoms with Gasteiger partial charge in [-0.2, -0.15) is 13.2 Å². The molecule has 0 unspecified atom stereocenters. The topological polar surface area (TPSA) is 34.2 Å². The number of rotatable bonds is 6. The molecule has 7 heteroatoms. The van der Waals surface area contributed by atoms with Gasteiger partial charge in [-0.25, -0.2) is 4.98 Å². The molecule has 2 rings (SSSR count). The minimum Gasteiger partial charge on any atom is -0.468 e. The van der Waals surface area contributed by atoms with Gasteiger partial charge in [0, 0.05) is 29.7 Å². The Morgan fingerprint density at radius 2 is 2.10 bits per heavy atom. The van der Waals surface area contributed by atoms with E-state index in [4.69, 9.17) is 4.74 Å². The molecule has 0 saturated heterocycles. The van der Waals surface area contributed by atoms with Gasteiger partial charge in [-0.05, 0) is 30.0 Å². The van der Waals surface area contributed by atoms with E-state index in [1.807, 2.05) is 18.4 Å². The lowest BCUT2D eigenvalue weighted by molar-refractivity contribution is -0.154. The van der Waals surface area contributed by atoms with Crippen molar-refractivity contribution in [2.75, 3.05) is 6.61 Å². The average molecular weight is 316 g/mol. The smallest absolute Gasteiger partial charge is 0.422 e. The minimum atomic E-state index is -4.36. The summed E-state index contributed by atoms with van der Waals surface area (Å²) in [6.07, 6.45) is -2.95. The zero-order valence-electron chi connectivity index (χ0n) is 11.4. The number of alkyl halides is 3. The molecule has 21 heavy (non-hydrogen) atoms. The molecule has 0 aliphatic heterocycles. The normalized spacial score (nSPS) is 11.6. The molecule has 0 bridgehead atoms. The molecule has 0 aliphatic carbocycles. The van der Waals surface area contributed by atoms with Gasteiger partial charge in [0.25, 0.3) is 0 Å². The van der Waals surface area contributed by atoms with Crippen LogP contribution in [0.15, 0.2) is 29.8 Å². The molecule has 0 fully saturated rings. The summed E-state index contributed by atoms with van der Waals surface area (Å²) >= 11 is 1.64. The number of hydrogen-bond donors (Lipinski definition) is 1. The quantitative estimate of drug-likeness (QED) is 0.883. The van der Waals surface area contributed by atoms with Crippen molar-refractivity contribution < 1.29 is 17.9 Å². The van der Waals surface area contributed by atoms with Gasteiger partial charge in [0.05, 0.1) is 0 Å². The number of ether oxygens (including phenoxy) is 1. The summed E-state index contributed by atoms with van der Waals surface area (Å²) in [4.78, 5) is 5.06. The maximum absolute atomic E-state index is 12.2. The Morgan fingerprint density at radius 3 is 2.76 bits per heavy atom. The van der Waals surface area contributed by atoms with Crippen molar-refractivity contribution in [1.82, 2.24) is 10.3 Å². The monoisotopic (exact) mass is 316 g/mol. The van der Waals surface area contributed by atoms with Gasteiger partial charge in [-0.3, -0.25) is 0 Å². The van der Waals surface area contributed by atoms with Gasteiger partial charge in [-0.1, -0.05) is 6.07 Å². The Kier molecular flexibility index (Phi) is 5.19. The van der Waals surface area contributed by atoms with Gasteiger partial charge in [0.1, 0.15) is 0 Å². The Hall–Kier alpha value is -1.60. The van der Waals surface area contributed by atoms with Crippen LogP contribution in [0.1, 0.15) is 16.0 Å². The SMILES string of the molecule is Cc1ccsc1CNCc1cccnc1OCC(F)(F)F. The van der Waals surface area contributed by atoms with Gasteiger partial charge in [-0.15, -0.1) is 11.3 Å². The molecule has 1 N–H and O–H groups in total. The van der Waals surface area contributed by atoms with Crippen LogP contribution in [0.25, 0.3) is 0 Å². The summed E-state index contributed by atoms with van der Waals surface area (Å²) in [6, 6.07) is 5.41. The molecular weight excluding hydrogens is 301 g/mol. The molecule has 3 nitrogen and oxygen atoms in total. The standard InChI is InChI=1S/C14H15F3N2OS/c1-10-4-6-21-12(10)8-18-7-11-3-2-5-19-13(11)20-9-14(15,16)17/h2-6,18H,7-9H2,1H3. The van der Waals surface area contributed by atoms with Crippen LogP contribution < -0.4 is 10.1 Å². The van der Waals surface area contributed by atoms with Crippen molar-refractivity contribution in [2.24, 2.45) is 0 Å². The Bertz CT molecular complexity index is 584. The number of aromatic nitrogens is 1. The van der Waals surface area contributed by atoms with Crippen molar-refractivity contribution in [2.45, 2.75) is 26.2 Å². The van der Waals surface area contributed by atoms with Crippen LogP contribution in [0.5, 0.6) is 5.88 Å². The summed E-state index contributed by atoms with van der Waals surface area (Å²) in [5, 5.41) is 5.20. The second-order valence-corrected chi connectivity index (χ2v) is 5.50. The highest BCUT2D eigenvalue weighted by Crippen LogP contribution is 2.20. The third-order valence-corrected chi connectivity index (χ3v) is 3.81. The van der Waals surface area contributed by atoms with Crippen molar-refractivity contribution >= 4 is 11.3 Å². The maximum Gasteiger partial charge on any atom is 0.422 e. The first kappa shape index (κ1) is 15.8. The average Bonchev–Trinajstić information content (AvgIpc) is 2.82. The number of hydrogen-bond acceptors (Lipinski definition) is 4. The number of nitrogens with zero attached hydrogens (tertiary/aromatic N) is 1. The Labute approximate surface area is 124 Å². The van der Waals surface area contributed by atoms with Gasteiger partial charge in [0.15, 0.2) is 6.61 Å². The summed E-state index contributed by atoms with van der Waals surface area (Å²) < 4.78 is 41.3. The predicted octanol–water partition coefficient (Wildman–Crippen LogP) is 3.68. The number of nitrogens with one attached hydrogen (secondary N) is 1. The van der Waals surface area contributed by atoms with Crippen molar-refractivity contribution in [3.8, 4) is 5.88 Å². The van der Waals surface area contributed by atoms with Crippen LogP contribution in [-0.2, 0) is 13.1 Å². The largest absolute Gasteiger partial charge is 0.468 e. The number of pyridine rings is 1. The lowest BCUT2D eigenvalue weighted by atomic mass is 10.2. The predicted molar refractivity (Wildman–Crippen MR) is 75.4 cm³/mol. The molecular formula is C14H15F3N2OS. The molecule has 2 aromatic rings. The highest BCUT2D eigenvalue weighted by Gasteiger charge is 2.29. The van der Waals surface area contributed by atoms with Crippen molar-refractivity contribution in [3.05, 3.63) is 45.8 Å². The molecule has 0 atom stereocenters. The van der Waals surface area contributed by atoms with E-state index < -0.39 is 12.8 Å². The van der Waals surface area contributed by atoms with Crippen LogP contribution in [0.3, 0.4) is 0 Å². The van der Waals surface area contributed by atoms with Crippen molar-refractivity contribution in [3.63, 3.8) is 0 Å². The first-order valence-electron chi connectivity index (χ1n) is 6.33. The number of halogens is 3. The fourth-order valence-electron chi connectivity index (χ4n) is 1.73. The highest BCUT2D eigenvalue weighted by molar-refractivity contribution is 7.10. The second-order valence-electron chi connectivity index (χ2n) is 4.50. The van der Waals surface area contributed by atoms with E-state index in [1.165, 1.54) is 16.6 Å². The summed E-state index contributed by atoms with van der Waals surface area (Å²) in [7, 11) is 0. The molecule has 0 amide bonds. The van der Waals surface area contributed by atoms with Crippen LogP contribution in [0.4, 0.5) is 13.2 Å². The first-order chi connectivity index (χ1) is 9.96. The summed E-state index contributed by atoms with van der Waals surface area (Å²) in [5.74, 6) is 0.0187. The van der Waals surface area contributed by atoms with E-state index in [0.29, 0.717) is 18.7 Å². The van der Waals surface area contributed by atoms with Gasteiger partial charge in [0.2, 0.25) is 5.88 Å². The lowest BCUT2D eigenvalue weighted by Gasteiger charge is -2.12. The summed E-state index contributed by atoms with van der Waals surface area (Å²) in [6.45, 7) is 1.76. The number of thiophene rings is 1. The molecule has 2 heterocycles. The second kappa shape index (κ2) is 6.91. The molecule has 0 aromatic carbocycles. The fourth-order valence-corrected chi connectivity index (χ4v) is 2.61. The number of aryl methyl sites for hydroxylation is 1. The van der Waals surface area contributed by atoms with Crippen LogP contribution in [0.2, 0.25) is 0 Å². The van der Waals surface area contributed by atoms with Crippen LogP contribution >= 0.6 is 11.3 Å². The Morgan fingerprint density at radius 1 is 1.29 bits per heavy atom. The van der Waals surface area contributed by atoms with E-state index in [9.17, 15) is 13.2 Å².